The largest absolute Gasteiger partial charge is 0.497 e. The van der Waals surface area contributed by atoms with Crippen molar-refractivity contribution in [1.29, 1.82) is 0 Å². The van der Waals surface area contributed by atoms with Crippen LogP contribution < -0.4 is 4.74 Å². The second-order valence-corrected chi connectivity index (χ2v) is 5.82. The molecule has 0 amide bonds. The first-order valence-corrected chi connectivity index (χ1v) is 7.34. The molecule has 100 valence electrons. The predicted molar refractivity (Wildman–Crippen MR) is 77.3 cm³/mol. The van der Waals surface area contributed by atoms with Crippen molar-refractivity contribution >= 4 is 0 Å². The van der Waals surface area contributed by atoms with Gasteiger partial charge in [-0.05, 0) is 53.9 Å². The van der Waals surface area contributed by atoms with E-state index in [4.69, 9.17) is 4.74 Å². The molecule has 0 radical (unpaired) electrons. The van der Waals surface area contributed by atoms with E-state index < -0.39 is 0 Å². The smallest absolute Gasteiger partial charge is 0.119 e. The van der Waals surface area contributed by atoms with Crippen LogP contribution in [0, 0.1) is 11.8 Å². The number of methoxy groups -OCH3 is 1. The summed E-state index contributed by atoms with van der Waals surface area (Å²) in [4.78, 5) is 0. The summed E-state index contributed by atoms with van der Waals surface area (Å²) in [5.41, 5.74) is 3.05. The number of hydrogen-bond acceptors (Lipinski definition) is 1. The van der Waals surface area contributed by atoms with Crippen molar-refractivity contribution in [3.63, 3.8) is 0 Å². The normalized spacial score (nSPS) is 24.4. The predicted octanol–water partition coefficient (Wildman–Crippen LogP) is 4.80. The molecule has 0 spiro atoms. The molecule has 1 aliphatic carbocycles. The van der Waals surface area contributed by atoms with Crippen molar-refractivity contribution in [2.75, 3.05) is 7.11 Å². The molecule has 1 aromatic rings. The van der Waals surface area contributed by atoms with Crippen LogP contribution in [0.1, 0.15) is 57.1 Å². The van der Waals surface area contributed by atoms with Gasteiger partial charge in [-0.25, -0.2) is 0 Å². The average Bonchev–Trinajstić information content (AvgIpc) is 2.38. The Hall–Kier alpha value is -0.980. The minimum Gasteiger partial charge on any atom is -0.497 e. The summed E-state index contributed by atoms with van der Waals surface area (Å²) in [7, 11) is 1.75. The quantitative estimate of drug-likeness (QED) is 0.741. The highest BCUT2D eigenvalue weighted by Gasteiger charge is 2.29. The molecule has 0 heterocycles. The number of benzene rings is 1. The second-order valence-electron chi connectivity index (χ2n) is 5.82. The maximum Gasteiger partial charge on any atom is 0.119 e. The first kappa shape index (κ1) is 13.5. The van der Waals surface area contributed by atoms with Crippen LogP contribution in [0.4, 0.5) is 0 Å². The van der Waals surface area contributed by atoms with Gasteiger partial charge in [0.25, 0.3) is 0 Å². The Morgan fingerprint density at radius 3 is 2.83 bits per heavy atom. The van der Waals surface area contributed by atoms with Crippen LogP contribution in [0.5, 0.6) is 5.75 Å². The number of rotatable bonds is 4. The lowest BCUT2D eigenvalue weighted by Crippen LogP contribution is -2.24. The fraction of sp³-hybridized carbons (Fsp3) is 0.647. The third kappa shape index (κ3) is 2.55. The minimum absolute atomic E-state index is 0.696. The Morgan fingerprint density at radius 2 is 2.17 bits per heavy atom. The Bertz CT molecular complexity index is 397. The van der Waals surface area contributed by atoms with Gasteiger partial charge in [-0.15, -0.1) is 0 Å². The van der Waals surface area contributed by atoms with E-state index >= 15 is 0 Å². The lowest BCUT2D eigenvalue weighted by atomic mass is 9.70. The number of fused-ring (bicyclic) bond motifs is 1. The molecule has 3 atom stereocenters. The highest BCUT2D eigenvalue weighted by molar-refractivity contribution is 5.39. The zero-order valence-electron chi connectivity index (χ0n) is 12.2. The van der Waals surface area contributed by atoms with Gasteiger partial charge in [-0.2, -0.15) is 0 Å². The van der Waals surface area contributed by atoms with Gasteiger partial charge >= 0.3 is 0 Å². The minimum atomic E-state index is 0.696. The third-order valence-electron chi connectivity index (χ3n) is 4.70. The van der Waals surface area contributed by atoms with E-state index in [2.05, 4.69) is 39.0 Å². The van der Waals surface area contributed by atoms with Gasteiger partial charge in [0.2, 0.25) is 0 Å². The van der Waals surface area contributed by atoms with E-state index in [0.717, 1.165) is 17.6 Å². The molecule has 0 saturated carbocycles. The van der Waals surface area contributed by atoms with Gasteiger partial charge in [0.15, 0.2) is 0 Å². The van der Waals surface area contributed by atoms with Gasteiger partial charge in [-0.1, -0.05) is 39.7 Å². The van der Waals surface area contributed by atoms with Crippen LogP contribution in [0.15, 0.2) is 18.2 Å². The molecule has 0 saturated heterocycles. The Kier molecular flexibility index (Phi) is 4.31. The van der Waals surface area contributed by atoms with Crippen LogP contribution in [-0.4, -0.2) is 7.11 Å². The van der Waals surface area contributed by atoms with E-state index in [-0.39, 0.29) is 0 Å². The van der Waals surface area contributed by atoms with Crippen LogP contribution in [0.25, 0.3) is 0 Å². The number of aryl methyl sites for hydroxylation is 1. The molecular formula is C17H26O. The van der Waals surface area contributed by atoms with Gasteiger partial charge < -0.3 is 4.74 Å². The van der Waals surface area contributed by atoms with Crippen molar-refractivity contribution in [3.8, 4) is 5.75 Å². The lowest BCUT2D eigenvalue weighted by molar-refractivity contribution is 0.262. The standard InChI is InChI=1S/C17H26O/c1-5-6-12(2)16-9-7-14-11-15(18-4)8-10-17(14)13(16)3/h8,10-13,16H,5-7,9H2,1-4H3. The van der Waals surface area contributed by atoms with Gasteiger partial charge in [0.05, 0.1) is 7.11 Å². The fourth-order valence-electron chi connectivity index (χ4n) is 3.62. The fourth-order valence-corrected chi connectivity index (χ4v) is 3.62. The first-order valence-electron chi connectivity index (χ1n) is 7.34. The summed E-state index contributed by atoms with van der Waals surface area (Å²) in [6.45, 7) is 7.13. The first-order chi connectivity index (χ1) is 8.67. The zero-order chi connectivity index (χ0) is 13.1. The van der Waals surface area contributed by atoms with E-state index in [0.29, 0.717) is 5.92 Å². The lowest BCUT2D eigenvalue weighted by Gasteiger charge is -2.35. The molecule has 0 aromatic heterocycles. The van der Waals surface area contributed by atoms with Crippen LogP contribution >= 0.6 is 0 Å². The molecule has 1 aliphatic rings. The molecule has 0 fully saturated rings. The van der Waals surface area contributed by atoms with E-state index in [1.165, 1.54) is 31.2 Å². The highest BCUT2D eigenvalue weighted by Crippen LogP contribution is 2.42. The molecule has 18 heavy (non-hydrogen) atoms. The SMILES string of the molecule is CCCC(C)C1CCc2cc(OC)ccc2C1C. The Labute approximate surface area is 112 Å². The summed E-state index contributed by atoms with van der Waals surface area (Å²) < 4.78 is 5.33. The molecule has 0 N–H and O–H groups in total. The maximum atomic E-state index is 5.33. The van der Waals surface area contributed by atoms with Gasteiger partial charge in [0.1, 0.15) is 5.75 Å². The molecule has 0 aliphatic heterocycles. The summed E-state index contributed by atoms with van der Waals surface area (Å²) in [6.07, 6.45) is 5.22. The molecular weight excluding hydrogens is 220 g/mol. The summed E-state index contributed by atoms with van der Waals surface area (Å²) in [5, 5.41) is 0. The number of ether oxygens (including phenoxy) is 1. The second kappa shape index (κ2) is 5.77. The molecule has 1 aromatic carbocycles. The Balaban J connectivity index is 2.20. The zero-order valence-corrected chi connectivity index (χ0v) is 12.2. The topological polar surface area (TPSA) is 9.23 Å². The molecule has 0 bridgehead atoms. The average molecular weight is 246 g/mol. The van der Waals surface area contributed by atoms with Crippen molar-refractivity contribution in [1.82, 2.24) is 0 Å². The highest BCUT2D eigenvalue weighted by atomic mass is 16.5. The van der Waals surface area contributed by atoms with Crippen molar-refractivity contribution in [3.05, 3.63) is 29.3 Å². The monoisotopic (exact) mass is 246 g/mol. The van der Waals surface area contributed by atoms with Crippen LogP contribution in [0.2, 0.25) is 0 Å². The van der Waals surface area contributed by atoms with E-state index in [9.17, 15) is 0 Å². The molecule has 3 unspecified atom stereocenters. The Morgan fingerprint density at radius 1 is 1.39 bits per heavy atom. The summed E-state index contributed by atoms with van der Waals surface area (Å²) >= 11 is 0. The van der Waals surface area contributed by atoms with Crippen molar-refractivity contribution in [2.45, 2.75) is 52.4 Å². The molecule has 1 heteroatoms. The summed E-state index contributed by atoms with van der Waals surface area (Å²) in [5.74, 6) is 3.40. The molecule has 1 nitrogen and oxygen atoms in total. The third-order valence-corrected chi connectivity index (χ3v) is 4.70. The molecule has 2 rings (SSSR count). The van der Waals surface area contributed by atoms with Gasteiger partial charge in [-0.3, -0.25) is 0 Å². The maximum absolute atomic E-state index is 5.33. The van der Waals surface area contributed by atoms with Crippen molar-refractivity contribution in [2.24, 2.45) is 11.8 Å². The summed E-state index contributed by atoms with van der Waals surface area (Å²) in [6, 6.07) is 6.62. The van der Waals surface area contributed by atoms with Crippen LogP contribution in [0.3, 0.4) is 0 Å². The number of hydrogen-bond donors (Lipinski definition) is 0. The van der Waals surface area contributed by atoms with Crippen molar-refractivity contribution < 1.29 is 4.74 Å². The van der Waals surface area contributed by atoms with E-state index in [1.54, 1.807) is 12.7 Å². The van der Waals surface area contributed by atoms with E-state index in [1.807, 2.05) is 0 Å². The van der Waals surface area contributed by atoms with Gasteiger partial charge in [0, 0.05) is 0 Å². The van der Waals surface area contributed by atoms with Crippen LogP contribution in [-0.2, 0) is 6.42 Å².